The summed E-state index contributed by atoms with van der Waals surface area (Å²) in [7, 11) is 0. The number of alkyl halides is 3. The SMILES string of the molecule is O=C(Nc1cc(Br)cc(C(F)(F)F)c1)c1ccc(F)cc1. The lowest BCUT2D eigenvalue weighted by atomic mass is 10.1. The van der Waals surface area contributed by atoms with Crippen LogP contribution in [0.3, 0.4) is 0 Å². The van der Waals surface area contributed by atoms with E-state index in [1.165, 1.54) is 18.2 Å². The molecule has 0 spiro atoms. The Morgan fingerprint density at radius 3 is 2.24 bits per heavy atom. The van der Waals surface area contributed by atoms with Gasteiger partial charge >= 0.3 is 6.18 Å². The highest BCUT2D eigenvalue weighted by molar-refractivity contribution is 9.10. The van der Waals surface area contributed by atoms with Crippen molar-refractivity contribution >= 4 is 27.5 Å². The maximum atomic E-state index is 12.8. The molecule has 0 aromatic heterocycles. The molecular formula is C14H8BrF4NO. The van der Waals surface area contributed by atoms with Crippen LogP contribution in [0.2, 0.25) is 0 Å². The number of carbonyl (C=O) groups is 1. The van der Waals surface area contributed by atoms with Gasteiger partial charge in [-0.25, -0.2) is 4.39 Å². The Kier molecular flexibility index (Phi) is 4.32. The zero-order valence-corrected chi connectivity index (χ0v) is 11.9. The number of benzene rings is 2. The third-order valence-electron chi connectivity index (χ3n) is 2.59. The normalized spacial score (nSPS) is 11.3. The van der Waals surface area contributed by atoms with E-state index in [0.29, 0.717) is 0 Å². The van der Waals surface area contributed by atoms with Crippen LogP contribution < -0.4 is 5.32 Å². The fraction of sp³-hybridized carbons (Fsp3) is 0.0714. The first-order chi connectivity index (χ1) is 9.75. The molecule has 7 heteroatoms. The molecule has 2 aromatic carbocycles. The quantitative estimate of drug-likeness (QED) is 0.760. The van der Waals surface area contributed by atoms with E-state index in [4.69, 9.17) is 0 Å². The average Bonchev–Trinajstić information content (AvgIpc) is 2.37. The maximum absolute atomic E-state index is 12.8. The number of carbonyl (C=O) groups excluding carboxylic acids is 1. The number of amides is 1. The van der Waals surface area contributed by atoms with Crippen LogP contribution in [-0.4, -0.2) is 5.91 Å². The molecule has 110 valence electrons. The first-order valence-corrected chi connectivity index (χ1v) is 6.50. The van der Waals surface area contributed by atoms with Gasteiger partial charge in [0.15, 0.2) is 0 Å². The largest absolute Gasteiger partial charge is 0.416 e. The summed E-state index contributed by atoms with van der Waals surface area (Å²) in [5.74, 6) is -1.13. The summed E-state index contributed by atoms with van der Waals surface area (Å²) in [6.45, 7) is 0. The molecule has 21 heavy (non-hydrogen) atoms. The van der Waals surface area contributed by atoms with Crippen molar-refractivity contribution in [3.05, 3.63) is 63.9 Å². The van der Waals surface area contributed by atoms with Crippen molar-refractivity contribution in [2.45, 2.75) is 6.18 Å². The number of halogens is 5. The van der Waals surface area contributed by atoms with Crippen molar-refractivity contribution in [1.29, 1.82) is 0 Å². The summed E-state index contributed by atoms with van der Waals surface area (Å²) in [4.78, 5) is 11.9. The van der Waals surface area contributed by atoms with Crippen molar-refractivity contribution in [3.8, 4) is 0 Å². The molecule has 2 nitrogen and oxygen atoms in total. The zero-order chi connectivity index (χ0) is 15.6. The van der Waals surface area contributed by atoms with Gasteiger partial charge in [-0.1, -0.05) is 15.9 Å². The van der Waals surface area contributed by atoms with Gasteiger partial charge in [0.05, 0.1) is 5.56 Å². The molecule has 0 atom stereocenters. The molecule has 1 N–H and O–H groups in total. The van der Waals surface area contributed by atoms with Crippen LogP contribution in [0.4, 0.5) is 23.2 Å². The number of hydrogen-bond donors (Lipinski definition) is 1. The first-order valence-electron chi connectivity index (χ1n) is 5.70. The number of hydrogen-bond acceptors (Lipinski definition) is 1. The predicted molar refractivity (Wildman–Crippen MR) is 73.5 cm³/mol. The lowest BCUT2D eigenvalue weighted by Gasteiger charge is -2.11. The third-order valence-corrected chi connectivity index (χ3v) is 3.05. The maximum Gasteiger partial charge on any atom is 0.416 e. The van der Waals surface area contributed by atoms with Gasteiger partial charge < -0.3 is 5.32 Å². The Hall–Kier alpha value is -1.89. The van der Waals surface area contributed by atoms with Crippen LogP contribution in [0.1, 0.15) is 15.9 Å². The Morgan fingerprint density at radius 2 is 1.67 bits per heavy atom. The summed E-state index contributed by atoms with van der Waals surface area (Å²) in [5, 5.41) is 2.34. The second-order valence-electron chi connectivity index (χ2n) is 4.19. The summed E-state index contributed by atoms with van der Waals surface area (Å²) >= 11 is 2.96. The van der Waals surface area contributed by atoms with E-state index < -0.39 is 23.5 Å². The van der Waals surface area contributed by atoms with Crippen molar-refractivity contribution in [1.82, 2.24) is 0 Å². The molecule has 1 amide bonds. The van der Waals surface area contributed by atoms with Crippen molar-refractivity contribution < 1.29 is 22.4 Å². The fourth-order valence-corrected chi connectivity index (χ4v) is 2.12. The standard InChI is InChI=1S/C14H8BrF4NO/c15-10-5-9(14(17,18)19)6-12(7-10)20-13(21)8-1-3-11(16)4-2-8/h1-7H,(H,20,21). The molecule has 0 aliphatic rings. The lowest BCUT2D eigenvalue weighted by Crippen LogP contribution is -2.13. The Balaban J connectivity index is 2.25. The van der Waals surface area contributed by atoms with E-state index >= 15 is 0 Å². The Morgan fingerprint density at radius 1 is 1.05 bits per heavy atom. The number of nitrogens with one attached hydrogen (secondary N) is 1. The highest BCUT2D eigenvalue weighted by Crippen LogP contribution is 2.33. The van der Waals surface area contributed by atoms with Crippen LogP contribution in [0.15, 0.2) is 46.9 Å². The molecule has 2 rings (SSSR count). The third kappa shape index (κ3) is 4.04. The monoisotopic (exact) mass is 361 g/mol. The van der Waals surface area contributed by atoms with E-state index in [2.05, 4.69) is 21.2 Å². The van der Waals surface area contributed by atoms with Crippen molar-refractivity contribution in [2.75, 3.05) is 5.32 Å². The second kappa shape index (κ2) is 5.85. The van der Waals surface area contributed by atoms with Crippen LogP contribution in [-0.2, 0) is 6.18 Å². The number of anilines is 1. The van der Waals surface area contributed by atoms with Gasteiger partial charge in [0.2, 0.25) is 0 Å². The smallest absolute Gasteiger partial charge is 0.322 e. The van der Waals surface area contributed by atoms with Crippen molar-refractivity contribution in [2.24, 2.45) is 0 Å². The van der Waals surface area contributed by atoms with Crippen LogP contribution >= 0.6 is 15.9 Å². The minimum atomic E-state index is -4.51. The highest BCUT2D eigenvalue weighted by Gasteiger charge is 2.31. The van der Waals surface area contributed by atoms with Gasteiger partial charge in [-0.15, -0.1) is 0 Å². The van der Waals surface area contributed by atoms with E-state index in [1.807, 2.05) is 0 Å². The Labute approximate surface area is 125 Å². The predicted octanol–water partition coefficient (Wildman–Crippen LogP) is 4.86. The molecule has 0 heterocycles. The molecular weight excluding hydrogens is 354 g/mol. The average molecular weight is 362 g/mol. The van der Waals surface area contributed by atoms with Crippen LogP contribution in [0.5, 0.6) is 0 Å². The van der Waals surface area contributed by atoms with Gasteiger partial charge in [0.25, 0.3) is 5.91 Å². The minimum absolute atomic E-state index is 0.00831. The van der Waals surface area contributed by atoms with E-state index in [-0.39, 0.29) is 15.7 Å². The lowest BCUT2D eigenvalue weighted by molar-refractivity contribution is -0.137. The Bertz CT molecular complexity index is 668. The molecule has 0 unspecified atom stereocenters. The topological polar surface area (TPSA) is 29.1 Å². The summed E-state index contributed by atoms with van der Waals surface area (Å²) in [5.41, 5.74) is -0.748. The fourth-order valence-electron chi connectivity index (χ4n) is 1.63. The van der Waals surface area contributed by atoms with Gasteiger partial charge in [-0.3, -0.25) is 4.79 Å². The summed E-state index contributed by atoms with van der Waals surface area (Å²) in [6, 6.07) is 7.75. The summed E-state index contributed by atoms with van der Waals surface area (Å²) < 4.78 is 51.0. The molecule has 0 aliphatic heterocycles. The molecule has 0 fully saturated rings. The molecule has 0 radical (unpaired) electrons. The molecule has 0 bridgehead atoms. The molecule has 2 aromatic rings. The van der Waals surface area contributed by atoms with Gasteiger partial charge in [0, 0.05) is 15.7 Å². The van der Waals surface area contributed by atoms with Gasteiger partial charge in [0.1, 0.15) is 5.82 Å². The summed E-state index contributed by atoms with van der Waals surface area (Å²) in [6.07, 6.45) is -4.51. The van der Waals surface area contributed by atoms with E-state index in [9.17, 15) is 22.4 Å². The second-order valence-corrected chi connectivity index (χ2v) is 5.10. The zero-order valence-electron chi connectivity index (χ0n) is 10.3. The van der Waals surface area contributed by atoms with Crippen molar-refractivity contribution in [3.63, 3.8) is 0 Å². The van der Waals surface area contributed by atoms with Crippen LogP contribution in [0, 0.1) is 5.82 Å². The molecule has 0 saturated heterocycles. The number of rotatable bonds is 2. The highest BCUT2D eigenvalue weighted by atomic mass is 79.9. The molecule has 0 saturated carbocycles. The van der Waals surface area contributed by atoms with Gasteiger partial charge in [-0.2, -0.15) is 13.2 Å². The van der Waals surface area contributed by atoms with E-state index in [1.54, 1.807) is 0 Å². The van der Waals surface area contributed by atoms with Gasteiger partial charge in [-0.05, 0) is 42.5 Å². The van der Waals surface area contributed by atoms with E-state index in [0.717, 1.165) is 24.3 Å². The minimum Gasteiger partial charge on any atom is -0.322 e. The molecule has 0 aliphatic carbocycles. The van der Waals surface area contributed by atoms with Crippen LogP contribution in [0.25, 0.3) is 0 Å². The first kappa shape index (κ1) is 15.5.